The van der Waals surface area contributed by atoms with Gasteiger partial charge in [-0.25, -0.2) is 0 Å². The Kier molecular flexibility index (Phi) is 3.09. The van der Waals surface area contributed by atoms with Crippen molar-refractivity contribution in [3.63, 3.8) is 0 Å². The van der Waals surface area contributed by atoms with Crippen LogP contribution in [0.2, 0.25) is 0 Å². The van der Waals surface area contributed by atoms with Gasteiger partial charge >= 0.3 is 0 Å². The highest BCUT2D eigenvalue weighted by Crippen LogP contribution is 2.27. The van der Waals surface area contributed by atoms with Crippen LogP contribution < -0.4 is 0 Å². The second-order valence-corrected chi connectivity index (χ2v) is 5.17. The quantitative estimate of drug-likeness (QED) is 0.810. The SMILES string of the molecule is Cc1ccc(O)c(C(=O)N2CC(C)CC2C)c1. The molecular formula is C14H19NO2. The molecule has 0 bridgehead atoms. The van der Waals surface area contributed by atoms with Crippen LogP contribution in [-0.2, 0) is 0 Å². The number of aryl methyl sites for hydroxylation is 1. The summed E-state index contributed by atoms with van der Waals surface area (Å²) in [6.07, 6.45) is 1.04. The number of amides is 1. The summed E-state index contributed by atoms with van der Waals surface area (Å²) < 4.78 is 0. The van der Waals surface area contributed by atoms with Crippen molar-refractivity contribution in [2.24, 2.45) is 5.92 Å². The lowest BCUT2D eigenvalue weighted by atomic mass is 10.1. The van der Waals surface area contributed by atoms with Crippen LogP contribution in [0.25, 0.3) is 0 Å². The largest absolute Gasteiger partial charge is 0.507 e. The number of carbonyl (C=O) groups is 1. The van der Waals surface area contributed by atoms with Crippen LogP contribution in [0, 0.1) is 12.8 Å². The number of benzene rings is 1. The molecule has 1 fully saturated rings. The van der Waals surface area contributed by atoms with Gasteiger partial charge in [-0.3, -0.25) is 4.79 Å². The number of likely N-dealkylation sites (tertiary alicyclic amines) is 1. The third kappa shape index (κ3) is 2.28. The fourth-order valence-electron chi connectivity index (χ4n) is 2.56. The molecule has 1 aromatic carbocycles. The van der Waals surface area contributed by atoms with Gasteiger partial charge in [0.1, 0.15) is 5.75 Å². The van der Waals surface area contributed by atoms with E-state index in [-0.39, 0.29) is 17.7 Å². The minimum absolute atomic E-state index is 0.0527. The third-order valence-electron chi connectivity index (χ3n) is 3.43. The van der Waals surface area contributed by atoms with Gasteiger partial charge in [0.25, 0.3) is 5.91 Å². The van der Waals surface area contributed by atoms with E-state index in [0.717, 1.165) is 18.5 Å². The molecule has 1 N–H and O–H groups in total. The number of hydrogen-bond acceptors (Lipinski definition) is 2. The summed E-state index contributed by atoms with van der Waals surface area (Å²) in [6.45, 7) is 6.92. The molecule has 1 saturated heterocycles. The van der Waals surface area contributed by atoms with Crippen LogP contribution in [0.3, 0.4) is 0 Å². The predicted octanol–water partition coefficient (Wildman–Crippen LogP) is 2.57. The molecule has 92 valence electrons. The molecule has 2 rings (SSSR count). The van der Waals surface area contributed by atoms with Crippen molar-refractivity contribution in [2.45, 2.75) is 33.2 Å². The highest BCUT2D eigenvalue weighted by Gasteiger charge is 2.31. The van der Waals surface area contributed by atoms with E-state index >= 15 is 0 Å². The molecule has 2 atom stereocenters. The Morgan fingerprint density at radius 1 is 1.41 bits per heavy atom. The normalized spacial score (nSPS) is 24.1. The van der Waals surface area contributed by atoms with Crippen molar-refractivity contribution in [1.82, 2.24) is 4.90 Å². The zero-order valence-corrected chi connectivity index (χ0v) is 10.6. The lowest BCUT2D eigenvalue weighted by molar-refractivity contribution is 0.0740. The lowest BCUT2D eigenvalue weighted by Gasteiger charge is -2.22. The molecule has 1 heterocycles. The van der Waals surface area contributed by atoms with Crippen LogP contribution in [0.5, 0.6) is 5.75 Å². The van der Waals surface area contributed by atoms with Crippen LogP contribution in [0.4, 0.5) is 0 Å². The minimum atomic E-state index is -0.0527. The molecular weight excluding hydrogens is 214 g/mol. The summed E-state index contributed by atoms with van der Waals surface area (Å²) in [6, 6.07) is 5.42. The lowest BCUT2D eigenvalue weighted by Crippen LogP contribution is -2.34. The Balaban J connectivity index is 2.28. The maximum Gasteiger partial charge on any atom is 0.257 e. The van der Waals surface area contributed by atoms with Crippen molar-refractivity contribution < 1.29 is 9.90 Å². The van der Waals surface area contributed by atoms with Crippen LogP contribution in [0.1, 0.15) is 36.2 Å². The molecule has 1 aliphatic heterocycles. The molecule has 1 aliphatic rings. The van der Waals surface area contributed by atoms with E-state index in [1.54, 1.807) is 12.1 Å². The first-order chi connectivity index (χ1) is 7.99. The molecule has 0 aromatic heterocycles. The number of hydrogen-bond donors (Lipinski definition) is 1. The summed E-state index contributed by atoms with van der Waals surface area (Å²) >= 11 is 0. The van der Waals surface area contributed by atoms with E-state index in [1.165, 1.54) is 0 Å². The highest BCUT2D eigenvalue weighted by atomic mass is 16.3. The van der Waals surface area contributed by atoms with Crippen molar-refractivity contribution in [2.75, 3.05) is 6.54 Å². The fourth-order valence-corrected chi connectivity index (χ4v) is 2.56. The molecule has 0 spiro atoms. The molecule has 3 heteroatoms. The van der Waals surface area contributed by atoms with Gasteiger partial charge in [0.2, 0.25) is 0 Å². The van der Waals surface area contributed by atoms with Gasteiger partial charge in [0, 0.05) is 12.6 Å². The topological polar surface area (TPSA) is 40.5 Å². The Labute approximate surface area is 102 Å². The Morgan fingerprint density at radius 3 is 2.71 bits per heavy atom. The van der Waals surface area contributed by atoms with Crippen molar-refractivity contribution >= 4 is 5.91 Å². The number of rotatable bonds is 1. The van der Waals surface area contributed by atoms with Crippen molar-refractivity contribution in [3.8, 4) is 5.75 Å². The van der Waals surface area contributed by atoms with Crippen molar-refractivity contribution in [1.29, 1.82) is 0 Å². The van der Waals surface area contributed by atoms with E-state index in [4.69, 9.17) is 0 Å². The molecule has 17 heavy (non-hydrogen) atoms. The number of aromatic hydroxyl groups is 1. The van der Waals surface area contributed by atoms with E-state index in [2.05, 4.69) is 13.8 Å². The monoisotopic (exact) mass is 233 g/mol. The predicted molar refractivity (Wildman–Crippen MR) is 67.1 cm³/mol. The molecule has 1 aromatic rings. The summed E-state index contributed by atoms with van der Waals surface area (Å²) in [5.74, 6) is 0.566. The maximum atomic E-state index is 12.3. The number of carbonyl (C=O) groups excluding carboxylic acids is 1. The molecule has 3 nitrogen and oxygen atoms in total. The number of nitrogens with zero attached hydrogens (tertiary/aromatic N) is 1. The first kappa shape index (κ1) is 12.0. The summed E-state index contributed by atoms with van der Waals surface area (Å²) in [5.41, 5.74) is 1.41. The van der Waals surface area contributed by atoms with Crippen LogP contribution >= 0.6 is 0 Å². The number of phenolic OH excluding ortho intramolecular Hbond substituents is 1. The molecule has 1 amide bonds. The summed E-state index contributed by atoms with van der Waals surface area (Å²) in [7, 11) is 0. The van der Waals surface area contributed by atoms with E-state index in [9.17, 15) is 9.90 Å². The van der Waals surface area contributed by atoms with Gasteiger partial charge in [0.05, 0.1) is 5.56 Å². The smallest absolute Gasteiger partial charge is 0.257 e. The number of phenols is 1. The average Bonchev–Trinajstić information content (AvgIpc) is 2.60. The molecule has 0 aliphatic carbocycles. The third-order valence-corrected chi connectivity index (χ3v) is 3.43. The fraction of sp³-hybridized carbons (Fsp3) is 0.500. The Bertz CT molecular complexity index is 442. The molecule has 0 radical (unpaired) electrons. The second kappa shape index (κ2) is 4.40. The highest BCUT2D eigenvalue weighted by molar-refractivity contribution is 5.97. The first-order valence-electron chi connectivity index (χ1n) is 6.09. The molecule has 2 unspecified atom stereocenters. The van der Waals surface area contributed by atoms with E-state index in [1.807, 2.05) is 17.9 Å². The first-order valence-corrected chi connectivity index (χ1v) is 6.09. The van der Waals surface area contributed by atoms with Crippen LogP contribution in [-0.4, -0.2) is 28.5 Å². The standard InChI is InChI=1S/C14H19NO2/c1-9-4-5-13(16)12(7-9)14(17)15-8-10(2)6-11(15)3/h4-5,7,10-11,16H,6,8H2,1-3H3. The van der Waals surface area contributed by atoms with Gasteiger partial charge < -0.3 is 10.0 Å². The van der Waals surface area contributed by atoms with Gasteiger partial charge in [-0.2, -0.15) is 0 Å². The van der Waals surface area contributed by atoms with Gasteiger partial charge in [0.15, 0.2) is 0 Å². The zero-order chi connectivity index (χ0) is 12.6. The Hall–Kier alpha value is -1.51. The molecule has 0 saturated carbocycles. The average molecular weight is 233 g/mol. The van der Waals surface area contributed by atoms with Gasteiger partial charge in [-0.15, -0.1) is 0 Å². The maximum absolute atomic E-state index is 12.3. The van der Waals surface area contributed by atoms with E-state index < -0.39 is 0 Å². The Morgan fingerprint density at radius 2 is 2.12 bits per heavy atom. The summed E-state index contributed by atoms with van der Waals surface area (Å²) in [5, 5.41) is 9.77. The van der Waals surface area contributed by atoms with Crippen molar-refractivity contribution in [3.05, 3.63) is 29.3 Å². The summed E-state index contributed by atoms with van der Waals surface area (Å²) in [4.78, 5) is 14.2. The van der Waals surface area contributed by atoms with Gasteiger partial charge in [-0.05, 0) is 38.3 Å². The zero-order valence-electron chi connectivity index (χ0n) is 10.6. The van der Waals surface area contributed by atoms with Gasteiger partial charge in [-0.1, -0.05) is 18.6 Å². The second-order valence-electron chi connectivity index (χ2n) is 5.17. The minimum Gasteiger partial charge on any atom is -0.507 e. The van der Waals surface area contributed by atoms with E-state index in [0.29, 0.717) is 11.5 Å². The van der Waals surface area contributed by atoms with Crippen LogP contribution in [0.15, 0.2) is 18.2 Å².